The summed E-state index contributed by atoms with van der Waals surface area (Å²) in [5.41, 5.74) is 0. The zero-order chi connectivity index (χ0) is 18.6. The Bertz CT molecular complexity index is 671. The number of hydrogen-bond acceptors (Lipinski definition) is 5. The topological polar surface area (TPSA) is 59.1 Å². The summed E-state index contributed by atoms with van der Waals surface area (Å²) in [6, 6.07) is 4.92. The second-order valence-corrected chi connectivity index (χ2v) is 8.74. The molecule has 1 aromatic carbocycles. The normalized spacial score (nSPS) is 22.9. The highest BCUT2D eigenvalue weighted by Gasteiger charge is 2.37. The maximum absolute atomic E-state index is 13.1. The van der Waals surface area contributed by atoms with Gasteiger partial charge in [0.1, 0.15) is 10.6 Å². The summed E-state index contributed by atoms with van der Waals surface area (Å²) in [7, 11) is -0.519. The molecule has 2 atom stereocenters. The van der Waals surface area contributed by atoms with Crippen molar-refractivity contribution >= 4 is 21.6 Å². The van der Waals surface area contributed by atoms with Crippen molar-refractivity contribution in [1.29, 1.82) is 0 Å². The largest absolute Gasteiger partial charge is 0.495 e. The fourth-order valence-electron chi connectivity index (χ4n) is 3.33. The van der Waals surface area contributed by atoms with Crippen LogP contribution in [0.15, 0.2) is 23.1 Å². The number of nitrogens with zero attached hydrogens (tertiary/aromatic N) is 2. The number of ether oxygens (including phenoxy) is 2. The van der Waals surface area contributed by atoms with Crippen molar-refractivity contribution in [3.8, 4) is 5.75 Å². The number of rotatable bonds is 7. The van der Waals surface area contributed by atoms with Gasteiger partial charge in [-0.05, 0) is 38.5 Å². The third-order valence-corrected chi connectivity index (χ3v) is 6.66. The minimum absolute atomic E-state index is 0.120. The monoisotopic (exact) mass is 390 g/mol. The summed E-state index contributed by atoms with van der Waals surface area (Å²) in [6.07, 6.45) is 0.931. The van der Waals surface area contributed by atoms with Gasteiger partial charge in [0.15, 0.2) is 0 Å². The van der Waals surface area contributed by atoms with Gasteiger partial charge in [0.05, 0.1) is 7.11 Å². The van der Waals surface area contributed by atoms with Gasteiger partial charge < -0.3 is 9.47 Å². The molecule has 1 heterocycles. The molecular weight excluding hydrogens is 364 g/mol. The lowest BCUT2D eigenvalue weighted by atomic mass is 10.1. The third-order valence-electron chi connectivity index (χ3n) is 4.58. The average Bonchev–Trinajstić information content (AvgIpc) is 2.57. The summed E-state index contributed by atoms with van der Waals surface area (Å²) < 4.78 is 38.1. The standard InChI is InChI=1S/C17H27ClN2O4S/c1-13-11-19(12-14(2)20(13)8-5-9-23-3)25(21,22)17-10-15(18)6-7-16(17)24-4/h6-7,10,13-14H,5,8-9,11-12H2,1-4H3. The van der Waals surface area contributed by atoms with Gasteiger partial charge in [0, 0.05) is 50.5 Å². The molecule has 1 aliphatic rings. The van der Waals surface area contributed by atoms with Crippen LogP contribution in [0.2, 0.25) is 5.02 Å². The Balaban J connectivity index is 2.21. The second-order valence-electron chi connectivity index (χ2n) is 6.40. The van der Waals surface area contributed by atoms with Crippen molar-refractivity contribution in [3.05, 3.63) is 23.2 Å². The highest BCUT2D eigenvalue weighted by Crippen LogP contribution is 2.31. The van der Waals surface area contributed by atoms with E-state index in [0.717, 1.165) is 13.0 Å². The highest BCUT2D eigenvalue weighted by atomic mass is 35.5. The molecule has 8 heteroatoms. The second kappa shape index (κ2) is 8.68. The number of benzene rings is 1. The van der Waals surface area contributed by atoms with E-state index in [1.165, 1.54) is 17.5 Å². The van der Waals surface area contributed by atoms with Crippen molar-refractivity contribution in [3.63, 3.8) is 0 Å². The van der Waals surface area contributed by atoms with E-state index in [1.54, 1.807) is 19.2 Å². The van der Waals surface area contributed by atoms with Crippen LogP contribution in [0.1, 0.15) is 20.3 Å². The van der Waals surface area contributed by atoms with Crippen molar-refractivity contribution < 1.29 is 17.9 Å². The molecule has 0 aromatic heterocycles. The van der Waals surface area contributed by atoms with Crippen molar-refractivity contribution in [2.75, 3.05) is 40.5 Å². The molecule has 0 saturated carbocycles. The molecule has 142 valence electrons. The lowest BCUT2D eigenvalue weighted by Crippen LogP contribution is -2.58. The summed E-state index contributed by atoms with van der Waals surface area (Å²) in [5.74, 6) is 0.312. The van der Waals surface area contributed by atoms with Crippen LogP contribution in [0.5, 0.6) is 5.75 Å². The zero-order valence-corrected chi connectivity index (χ0v) is 16.8. The van der Waals surface area contributed by atoms with Crippen molar-refractivity contribution in [1.82, 2.24) is 9.21 Å². The predicted molar refractivity (Wildman–Crippen MR) is 98.9 cm³/mol. The maximum Gasteiger partial charge on any atom is 0.246 e. The lowest BCUT2D eigenvalue weighted by Gasteiger charge is -2.43. The molecule has 0 radical (unpaired) electrons. The van der Waals surface area contributed by atoms with Gasteiger partial charge in [-0.3, -0.25) is 4.90 Å². The number of halogens is 1. The molecule has 25 heavy (non-hydrogen) atoms. The van der Waals surface area contributed by atoms with Gasteiger partial charge in [0.25, 0.3) is 0 Å². The Morgan fingerprint density at radius 2 is 1.84 bits per heavy atom. The van der Waals surface area contributed by atoms with E-state index in [1.807, 2.05) is 0 Å². The van der Waals surface area contributed by atoms with Gasteiger partial charge in [-0.2, -0.15) is 4.31 Å². The molecular formula is C17H27ClN2O4S. The summed E-state index contributed by atoms with van der Waals surface area (Å²) in [6.45, 7) is 6.59. The molecule has 0 amide bonds. The van der Waals surface area contributed by atoms with Crippen molar-refractivity contribution in [2.24, 2.45) is 0 Å². The zero-order valence-electron chi connectivity index (χ0n) is 15.2. The minimum Gasteiger partial charge on any atom is -0.495 e. The van der Waals surface area contributed by atoms with Crippen LogP contribution in [0.25, 0.3) is 0 Å². The Kier molecular flexibility index (Phi) is 7.10. The van der Waals surface area contributed by atoms with Gasteiger partial charge in [-0.15, -0.1) is 0 Å². The predicted octanol–water partition coefficient (Wildman–Crippen LogP) is 2.47. The number of sulfonamides is 1. The van der Waals surface area contributed by atoms with Crippen molar-refractivity contribution in [2.45, 2.75) is 37.2 Å². The van der Waals surface area contributed by atoms with Crippen LogP contribution in [0, 0.1) is 0 Å². The van der Waals surface area contributed by atoms with Gasteiger partial charge in [0.2, 0.25) is 10.0 Å². The van der Waals surface area contributed by atoms with E-state index in [0.29, 0.717) is 30.5 Å². The molecule has 1 aromatic rings. The van der Waals surface area contributed by atoms with E-state index < -0.39 is 10.0 Å². The van der Waals surface area contributed by atoms with Crippen LogP contribution in [-0.2, 0) is 14.8 Å². The van der Waals surface area contributed by atoms with Gasteiger partial charge in [-0.25, -0.2) is 8.42 Å². The number of hydrogen-bond donors (Lipinski definition) is 0. The number of methoxy groups -OCH3 is 2. The fraction of sp³-hybridized carbons (Fsp3) is 0.647. The Morgan fingerprint density at radius 3 is 2.40 bits per heavy atom. The summed E-state index contributed by atoms with van der Waals surface area (Å²) in [4.78, 5) is 2.45. The smallest absolute Gasteiger partial charge is 0.246 e. The van der Waals surface area contributed by atoms with Gasteiger partial charge in [-0.1, -0.05) is 11.6 Å². The molecule has 2 unspecified atom stereocenters. The first-order valence-electron chi connectivity index (χ1n) is 8.39. The first kappa shape index (κ1) is 20.5. The molecule has 0 aliphatic carbocycles. The Hall–Kier alpha value is -0.860. The third kappa shape index (κ3) is 4.65. The Morgan fingerprint density at radius 1 is 1.20 bits per heavy atom. The quantitative estimate of drug-likeness (QED) is 0.669. The Labute approximate surface area is 155 Å². The van der Waals surface area contributed by atoms with E-state index in [-0.39, 0.29) is 17.0 Å². The summed E-state index contributed by atoms with van der Waals surface area (Å²) in [5, 5.41) is 0.374. The maximum atomic E-state index is 13.1. The lowest BCUT2D eigenvalue weighted by molar-refractivity contribution is 0.0665. The first-order valence-corrected chi connectivity index (χ1v) is 10.2. The van der Waals surface area contributed by atoms with E-state index in [9.17, 15) is 8.42 Å². The van der Waals surface area contributed by atoms with Crippen LogP contribution in [-0.4, -0.2) is 70.2 Å². The summed E-state index contributed by atoms with van der Waals surface area (Å²) >= 11 is 6.01. The van der Waals surface area contributed by atoms with E-state index in [4.69, 9.17) is 21.1 Å². The van der Waals surface area contributed by atoms with Crippen LogP contribution < -0.4 is 4.74 Å². The highest BCUT2D eigenvalue weighted by molar-refractivity contribution is 7.89. The molecule has 0 spiro atoms. The fourth-order valence-corrected chi connectivity index (χ4v) is 5.35. The molecule has 1 fully saturated rings. The van der Waals surface area contributed by atoms with Crippen LogP contribution >= 0.6 is 11.6 Å². The SMILES string of the molecule is COCCCN1C(C)CN(S(=O)(=O)c2cc(Cl)ccc2OC)CC1C. The average molecular weight is 391 g/mol. The van der Waals surface area contributed by atoms with Gasteiger partial charge >= 0.3 is 0 Å². The van der Waals surface area contributed by atoms with E-state index in [2.05, 4.69) is 18.7 Å². The minimum atomic E-state index is -3.67. The molecule has 0 N–H and O–H groups in total. The molecule has 1 aliphatic heterocycles. The molecule has 1 saturated heterocycles. The molecule has 0 bridgehead atoms. The molecule has 6 nitrogen and oxygen atoms in total. The van der Waals surface area contributed by atoms with Crippen LogP contribution in [0.3, 0.4) is 0 Å². The van der Waals surface area contributed by atoms with Crippen LogP contribution in [0.4, 0.5) is 0 Å². The molecule has 2 rings (SSSR count). The number of piperazine rings is 1. The first-order chi connectivity index (χ1) is 11.8. The van der Waals surface area contributed by atoms with E-state index >= 15 is 0 Å².